The molecule has 2 aromatic heterocycles. The number of carbonyl (C=O) groups excluding carboxylic acids is 2. The summed E-state index contributed by atoms with van der Waals surface area (Å²) < 4.78 is 11.2. The summed E-state index contributed by atoms with van der Waals surface area (Å²) in [6, 6.07) is 2.85. The molecule has 0 aromatic carbocycles. The second-order valence-electron chi connectivity index (χ2n) is 3.79. The molecule has 2 aromatic rings. The fraction of sp³-hybridized carbons (Fsp3) is 0.250. The zero-order chi connectivity index (χ0) is 13.3. The Bertz CT molecular complexity index is 609. The second kappa shape index (κ2) is 4.48. The zero-order valence-electron chi connectivity index (χ0n) is 10.3. The highest BCUT2D eigenvalue weighted by Crippen LogP contribution is 2.16. The molecule has 0 spiro atoms. The minimum Gasteiger partial charge on any atom is -0.463 e. The molecule has 0 unspecified atom stereocenters. The van der Waals surface area contributed by atoms with E-state index in [1.54, 1.807) is 24.9 Å². The van der Waals surface area contributed by atoms with Crippen LogP contribution in [-0.2, 0) is 11.8 Å². The van der Waals surface area contributed by atoms with Gasteiger partial charge in [-0.3, -0.25) is 9.48 Å². The molecule has 6 nitrogen and oxygen atoms in total. The van der Waals surface area contributed by atoms with Gasteiger partial charge < -0.3 is 9.15 Å². The maximum absolute atomic E-state index is 12.1. The summed E-state index contributed by atoms with van der Waals surface area (Å²) in [7, 11) is 2.98. The molecule has 0 amide bonds. The van der Waals surface area contributed by atoms with E-state index in [4.69, 9.17) is 4.42 Å². The predicted molar refractivity (Wildman–Crippen MR) is 61.4 cm³/mol. The van der Waals surface area contributed by atoms with Crippen molar-refractivity contribution in [2.45, 2.75) is 6.92 Å². The third-order valence-electron chi connectivity index (χ3n) is 2.47. The van der Waals surface area contributed by atoms with Crippen molar-refractivity contribution in [3.63, 3.8) is 0 Å². The van der Waals surface area contributed by atoms with Gasteiger partial charge in [0.05, 0.1) is 18.4 Å². The van der Waals surface area contributed by atoms with Crippen LogP contribution in [0.15, 0.2) is 22.7 Å². The Morgan fingerprint density at radius 2 is 2.00 bits per heavy atom. The molecule has 0 aliphatic rings. The van der Waals surface area contributed by atoms with Crippen molar-refractivity contribution in [2.24, 2.45) is 7.05 Å². The number of ether oxygens (including phenoxy) is 1. The number of carbonyl (C=O) groups is 2. The Kier molecular flexibility index (Phi) is 3.01. The topological polar surface area (TPSA) is 74.3 Å². The molecule has 0 saturated heterocycles. The molecule has 0 aliphatic carbocycles. The van der Waals surface area contributed by atoms with Gasteiger partial charge in [-0.2, -0.15) is 5.10 Å². The molecule has 0 radical (unpaired) electrons. The average molecular weight is 248 g/mol. The van der Waals surface area contributed by atoms with Crippen molar-refractivity contribution >= 4 is 11.8 Å². The summed E-state index contributed by atoms with van der Waals surface area (Å²) >= 11 is 0. The molecule has 2 rings (SSSR count). The van der Waals surface area contributed by atoms with E-state index in [-0.39, 0.29) is 17.3 Å². The third-order valence-corrected chi connectivity index (χ3v) is 2.47. The molecule has 0 aliphatic heterocycles. The summed E-state index contributed by atoms with van der Waals surface area (Å²) in [5.41, 5.74) is 1.06. The summed E-state index contributed by atoms with van der Waals surface area (Å²) in [5.74, 6) is -0.832. The normalized spacial score (nSPS) is 10.4. The van der Waals surface area contributed by atoms with Crippen molar-refractivity contribution in [3.8, 4) is 0 Å². The molecule has 0 saturated carbocycles. The van der Waals surface area contributed by atoms with Crippen LogP contribution in [-0.4, -0.2) is 28.6 Å². The second-order valence-corrected chi connectivity index (χ2v) is 3.79. The van der Waals surface area contributed by atoms with Crippen LogP contribution in [0.5, 0.6) is 0 Å². The lowest BCUT2D eigenvalue weighted by Crippen LogP contribution is -2.01. The standard InChI is InChI=1S/C12H12N2O4/c1-7-8(6-14(2)13-7)11(15)9-4-5-10(18-9)12(16)17-3/h4-6H,1-3H3. The van der Waals surface area contributed by atoms with Gasteiger partial charge in [-0.15, -0.1) is 0 Å². The highest BCUT2D eigenvalue weighted by atomic mass is 16.5. The van der Waals surface area contributed by atoms with Crippen LogP contribution in [0.25, 0.3) is 0 Å². The van der Waals surface area contributed by atoms with Gasteiger partial charge in [0, 0.05) is 13.2 Å². The molecular weight excluding hydrogens is 236 g/mol. The Morgan fingerprint density at radius 3 is 2.56 bits per heavy atom. The number of hydrogen-bond acceptors (Lipinski definition) is 5. The van der Waals surface area contributed by atoms with E-state index in [0.29, 0.717) is 11.3 Å². The van der Waals surface area contributed by atoms with Gasteiger partial charge in [0.15, 0.2) is 5.76 Å². The smallest absolute Gasteiger partial charge is 0.373 e. The lowest BCUT2D eigenvalue weighted by atomic mass is 10.1. The van der Waals surface area contributed by atoms with Crippen molar-refractivity contribution < 1.29 is 18.7 Å². The molecular formula is C12H12N2O4. The SMILES string of the molecule is COC(=O)c1ccc(C(=O)c2cn(C)nc2C)o1. The molecule has 0 bridgehead atoms. The van der Waals surface area contributed by atoms with E-state index in [9.17, 15) is 9.59 Å². The number of rotatable bonds is 3. The Balaban J connectivity index is 2.32. The molecule has 0 atom stereocenters. The van der Waals surface area contributed by atoms with Crippen LogP contribution >= 0.6 is 0 Å². The summed E-state index contributed by atoms with van der Waals surface area (Å²) in [5, 5.41) is 4.08. The maximum Gasteiger partial charge on any atom is 0.373 e. The third kappa shape index (κ3) is 2.04. The van der Waals surface area contributed by atoms with Crippen molar-refractivity contribution in [2.75, 3.05) is 7.11 Å². The predicted octanol–water partition coefficient (Wildman–Crippen LogP) is 1.34. The quantitative estimate of drug-likeness (QED) is 0.605. The van der Waals surface area contributed by atoms with Gasteiger partial charge in [0.2, 0.25) is 11.5 Å². The number of ketones is 1. The first-order chi connectivity index (χ1) is 8.52. The Morgan fingerprint density at radius 1 is 1.33 bits per heavy atom. The highest BCUT2D eigenvalue weighted by molar-refractivity contribution is 6.08. The Labute approximate surface area is 103 Å². The van der Waals surface area contributed by atoms with Gasteiger partial charge in [-0.25, -0.2) is 4.79 Å². The number of aromatic nitrogens is 2. The van der Waals surface area contributed by atoms with Gasteiger partial charge >= 0.3 is 5.97 Å². The molecule has 18 heavy (non-hydrogen) atoms. The number of nitrogens with zero attached hydrogens (tertiary/aromatic N) is 2. The average Bonchev–Trinajstić information content (AvgIpc) is 2.94. The van der Waals surface area contributed by atoms with Gasteiger partial charge in [0.1, 0.15) is 0 Å². The van der Waals surface area contributed by atoms with Crippen molar-refractivity contribution in [1.82, 2.24) is 9.78 Å². The first-order valence-electron chi connectivity index (χ1n) is 5.26. The van der Waals surface area contributed by atoms with E-state index in [1.165, 1.54) is 19.2 Å². The zero-order valence-corrected chi connectivity index (χ0v) is 10.3. The molecule has 2 heterocycles. The summed E-state index contributed by atoms with van der Waals surface area (Å²) in [6.45, 7) is 1.73. The minimum absolute atomic E-state index is 0.00222. The van der Waals surface area contributed by atoms with Crippen molar-refractivity contribution in [3.05, 3.63) is 41.1 Å². The van der Waals surface area contributed by atoms with Crippen LogP contribution in [0.2, 0.25) is 0 Å². The van der Waals surface area contributed by atoms with Crippen LogP contribution < -0.4 is 0 Å². The van der Waals surface area contributed by atoms with Crippen molar-refractivity contribution in [1.29, 1.82) is 0 Å². The van der Waals surface area contributed by atoms with Crippen LogP contribution in [0, 0.1) is 6.92 Å². The maximum atomic E-state index is 12.1. The largest absolute Gasteiger partial charge is 0.463 e. The number of methoxy groups -OCH3 is 1. The number of furan rings is 1. The first-order valence-corrected chi connectivity index (χ1v) is 5.26. The fourth-order valence-corrected chi connectivity index (χ4v) is 1.63. The van der Waals surface area contributed by atoms with E-state index < -0.39 is 5.97 Å². The van der Waals surface area contributed by atoms with E-state index >= 15 is 0 Å². The molecule has 0 N–H and O–H groups in total. The number of aryl methyl sites for hydroxylation is 2. The summed E-state index contributed by atoms with van der Waals surface area (Å²) in [4.78, 5) is 23.3. The van der Waals surface area contributed by atoms with Crippen LogP contribution in [0.4, 0.5) is 0 Å². The Hall–Kier alpha value is -2.37. The lowest BCUT2D eigenvalue weighted by molar-refractivity contribution is 0.0563. The number of esters is 1. The van der Waals surface area contributed by atoms with E-state index in [2.05, 4.69) is 9.84 Å². The van der Waals surface area contributed by atoms with Gasteiger partial charge in [-0.05, 0) is 19.1 Å². The van der Waals surface area contributed by atoms with Gasteiger partial charge in [-0.1, -0.05) is 0 Å². The van der Waals surface area contributed by atoms with E-state index in [1.807, 2.05) is 0 Å². The lowest BCUT2D eigenvalue weighted by Gasteiger charge is -1.95. The molecule has 94 valence electrons. The minimum atomic E-state index is -0.614. The van der Waals surface area contributed by atoms with Crippen LogP contribution in [0.1, 0.15) is 32.4 Å². The fourth-order valence-electron chi connectivity index (χ4n) is 1.63. The molecule has 0 fully saturated rings. The first kappa shape index (κ1) is 12.1. The highest BCUT2D eigenvalue weighted by Gasteiger charge is 2.20. The number of hydrogen-bond donors (Lipinski definition) is 0. The summed E-state index contributed by atoms with van der Waals surface area (Å²) in [6.07, 6.45) is 1.61. The van der Waals surface area contributed by atoms with E-state index in [0.717, 1.165) is 0 Å². The molecule has 6 heteroatoms. The monoisotopic (exact) mass is 248 g/mol. The van der Waals surface area contributed by atoms with Gasteiger partial charge in [0.25, 0.3) is 0 Å². The van der Waals surface area contributed by atoms with Crippen LogP contribution in [0.3, 0.4) is 0 Å².